The second-order valence-corrected chi connectivity index (χ2v) is 8.94. The summed E-state index contributed by atoms with van der Waals surface area (Å²) in [7, 11) is 5.15. The lowest BCUT2D eigenvalue weighted by atomic mass is 10.1. The van der Waals surface area contributed by atoms with E-state index in [1.165, 1.54) is 17.4 Å². The van der Waals surface area contributed by atoms with E-state index in [4.69, 9.17) is 32.7 Å². The molecule has 0 saturated carbocycles. The molecular formula is C25H20Cl2N2O3S. The fourth-order valence-corrected chi connectivity index (χ4v) is 5.01. The van der Waals surface area contributed by atoms with Crippen molar-refractivity contribution in [3.63, 3.8) is 0 Å². The molecule has 1 heterocycles. The van der Waals surface area contributed by atoms with Crippen molar-refractivity contribution >= 4 is 40.4 Å². The van der Waals surface area contributed by atoms with E-state index in [0.717, 1.165) is 33.2 Å². The predicted molar refractivity (Wildman–Crippen MR) is 134 cm³/mol. The molecule has 1 aromatic heterocycles. The molecule has 0 saturated heterocycles. The summed E-state index contributed by atoms with van der Waals surface area (Å²) in [5, 5.41) is 0.725. The summed E-state index contributed by atoms with van der Waals surface area (Å²) in [6, 6.07) is 20.3. The van der Waals surface area contributed by atoms with Crippen LogP contribution in [0.4, 0.5) is 0 Å². The summed E-state index contributed by atoms with van der Waals surface area (Å²) >= 11 is 13.6. The van der Waals surface area contributed by atoms with Gasteiger partial charge in [0.25, 0.3) is 5.91 Å². The molecule has 0 aliphatic carbocycles. The molecule has 0 radical (unpaired) electrons. The van der Waals surface area contributed by atoms with Gasteiger partial charge in [0.2, 0.25) is 0 Å². The van der Waals surface area contributed by atoms with Crippen LogP contribution in [0.5, 0.6) is 11.5 Å². The number of rotatable bonds is 5. The van der Waals surface area contributed by atoms with Crippen LogP contribution < -0.4 is 14.3 Å². The average molecular weight is 499 g/mol. The second kappa shape index (κ2) is 9.83. The van der Waals surface area contributed by atoms with Crippen molar-refractivity contribution in [3.8, 4) is 33.2 Å². The van der Waals surface area contributed by atoms with Gasteiger partial charge in [0.05, 0.1) is 35.4 Å². The van der Waals surface area contributed by atoms with E-state index in [2.05, 4.69) is 4.99 Å². The Kier molecular flexibility index (Phi) is 6.88. The SMILES string of the molecule is COc1ccc(-c2sc(=NC(=O)c3ccc(Cl)cc3Cl)n(C)c2-c2ccc(OC)cc2)cc1. The zero-order chi connectivity index (χ0) is 23.5. The summed E-state index contributed by atoms with van der Waals surface area (Å²) in [6.45, 7) is 0. The maximum atomic E-state index is 12.9. The fourth-order valence-electron chi connectivity index (χ4n) is 3.38. The lowest BCUT2D eigenvalue weighted by molar-refractivity contribution is 0.0998. The molecule has 4 aromatic rings. The van der Waals surface area contributed by atoms with Crippen molar-refractivity contribution in [2.75, 3.05) is 14.2 Å². The first-order chi connectivity index (χ1) is 15.9. The number of carbonyl (C=O) groups excluding carboxylic acids is 1. The van der Waals surface area contributed by atoms with Crippen molar-refractivity contribution in [1.82, 2.24) is 4.57 Å². The van der Waals surface area contributed by atoms with E-state index in [9.17, 15) is 4.79 Å². The molecule has 8 heteroatoms. The van der Waals surface area contributed by atoms with Gasteiger partial charge in [-0.25, -0.2) is 0 Å². The number of thiazole rings is 1. The van der Waals surface area contributed by atoms with E-state index in [1.54, 1.807) is 26.4 Å². The zero-order valence-electron chi connectivity index (χ0n) is 18.1. The van der Waals surface area contributed by atoms with E-state index in [0.29, 0.717) is 15.4 Å². The topological polar surface area (TPSA) is 52.8 Å². The van der Waals surface area contributed by atoms with Gasteiger partial charge in [0, 0.05) is 12.1 Å². The van der Waals surface area contributed by atoms with E-state index in [1.807, 2.05) is 60.1 Å². The van der Waals surface area contributed by atoms with E-state index < -0.39 is 5.91 Å². The smallest absolute Gasteiger partial charge is 0.281 e. The van der Waals surface area contributed by atoms with Crippen molar-refractivity contribution in [3.05, 3.63) is 87.1 Å². The van der Waals surface area contributed by atoms with E-state index >= 15 is 0 Å². The zero-order valence-corrected chi connectivity index (χ0v) is 20.5. The molecule has 0 bridgehead atoms. The Hall–Kier alpha value is -3.06. The molecule has 0 aliphatic heterocycles. The van der Waals surface area contributed by atoms with Gasteiger partial charge in [-0.1, -0.05) is 34.5 Å². The van der Waals surface area contributed by atoms with Crippen molar-refractivity contribution in [1.29, 1.82) is 0 Å². The Morgan fingerprint density at radius 3 is 2.00 bits per heavy atom. The van der Waals surface area contributed by atoms with Gasteiger partial charge in [-0.2, -0.15) is 4.99 Å². The number of methoxy groups -OCH3 is 2. The number of benzene rings is 3. The van der Waals surface area contributed by atoms with Gasteiger partial charge in [0.1, 0.15) is 11.5 Å². The van der Waals surface area contributed by atoms with Gasteiger partial charge in [-0.05, 0) is 77.9 Å². The fraction of sp³-hybridized carbons (Fsp3) is 0.120. The minimum Gasteiger partial charge on any atom is -0.497 e. The van der Waals surface area contributed by atoms with Crippen LogP contribution in [-0.4, -0.2) is 24.7 Å². The lowest BCUT2D eigenvalue weighted by Gasteiger charge is -2.09. The van der Waals surface area contributed by atoms with Crippen LogP contribution in [0, 0.1) is 0 Å². The highest BCUT2D eigenvalue weighted by molar-refractivity contribution is 7.13. The van der Waals surface area contributed by atoms with Gasteiger partial charge >= 0.3 is 0 Å². The third-order valence-electron chi connectivity index (χ3n) is 5.11. The Bertz CT molecular complexity index is 1370. The normalized spacial score (nSPS) is 11.5. The second-order valence-electron chi connectivity index (χ2n) is 7.12. The van der Waals surface area contributed by atoms with Crippen molar-refractivity contribution in [2.24, 2.45) is 12.0 Å². The van der Waals surface area contributed by atoms with Crippen molar-refractivity contribution in [2.45, 2.75) is 0 Å². The molecular weight excluding hydrogens is 479 g/mol. The quantitative estimate of drug-likeness (QED) is 0.316. The average Bonchev–Trinajstić information content (AvgIpc) is 3.14. The first kappa shape index (κ1) is 23.1. The van der Waals surface area contributed by atoms with Crippen LogP contribution in [0.2, 0.25) is 10.0 Å². The van der Waals surface area contributed by atoms with Gasteiger partial charge < -0.3 is 14.0 Å². The van der Waals surface area contributed by atoms with Gasteiger partial charge in [-0.15, -0.1) is 0 Å². The predicted octanol–water partition coefficient (Wildman–Crippen LogP) is 6.49. The van der Waals surface area contributed by atoms with Crippen molar-refractivity contribution < 1.29 is 14.3 Å². The molecule has 4 rings (SSSR count). The van der Waals surface area contributed by atoms with Gasteiger partial charge in [-0.3, -0.25) is 4.79 Å². The maximum Gasteiger partial charge on any atom is 0.281 e. The Labute approximate surface area is 205 Å². The Balaban J connectivity index is 1.88. The van der Waals surface area contributed by atoms with Crippen LogP contribution in [0.1, 0.15) is 10.4 Å². The minimum atomic E-state index is -0.434. The third-order valence-corrected chi connectivity index (χ3v) is 6.83. The first-order valence-corrected chi connectivity index (χ1v) is 11.5. The Morgan fingerprint density at radius 1 is 0.879 bits per heavy atom. The third kappa shape index (κ3) is 4.83. The molecule has 0 aliphatic rings. The molecule has 168 valence electrons. The summed E-state index contributed by atoms with van der Waals surface area (Å²) in [5.74, 6) is 1.10. The first-order valence-electron chi connectivity index (χ1n) is 9.94. The van der Waals surface area contributed by atoms with E-state index in [-0.39, 0.29) is 5.02 Å². The molecule has 0 spiro atoms. The van der Waals surface area contributed by atoms with Crippen LogP contribution in [0.25, 0.3) is 21.7 Å². The molecule has 0 N–H and O–H groups in total. The number of hydrogen-bond acceptors (Lipinski definition) is 4. The highest BCUT2D eigenvalue weighted by Crippen LogP contribution is 2.35. The number of amides is 1. The summed E-state index contributed by atoms with van der Waals surface area (Å²) in [6.07, 6.45) is 0. The molecule has 33 heavy (non-hydrogen) atoms. The van der Waals surface area contributed by atoms with Crippen LogP contribution in [0.15, 0.2) is 71.7 Å². The number of carbonyl (C=O) groups is 1. The highest BCUT2D eigenvalue weighted by atomic mass is 35.5. The number of ether oxygens (including phenoxy) is 2. The summed E-state index contributed by atoms with van der Waals surface area (Å²) in [5.41, 5.74) is 3.19. The largest absolute Gasteiger partial charge is 0.497 e. The summed E-state index contributed by atoms with van der Waals surface area (Å²) < 4.78 is 12.5. The van der Waals surface area contributed by atoms with Crippen LogP contribution >= 0.6 is 34.5 Å². The molecule has 0 unspecified atom stereocenters. The molecule has 5 nitrogen and oxygen atoms in total. The monoisotopic (exact) mass is 498 g/mol. The molecule has 1 amide bonds. The summed E-state index contributed by atoms with van der Waals surface area (Å²) in [4.78, 5) is 18.8. The number of nitrogens with zero attached hydrogens (tertiary/aromatic N) is 2. The maximum absolute atomic E-state index is 12.9. The molecule has 3 aromatic carbocycles. The number of halogens is 2. The standard InChI is InChI=1S/C25H20Cl2N2O3S/c1-29-22(15-4-9-18(31-2)10-5-15)23(16-6-11-19(32-3)12-7-16)33-25(29)28-24(30)20-13-8-17(26)14-21(20)27/h4-14H,1-3H3. The Morgan fingerprint density at radius 2 is 1.45 bits per heavy atom. The number of aromatic nitrogens is 1. The lowest BCUT2D eigenvalue weighted by Crippen LogP contribution is -2.14. The minimum absolute atomic E-state index is 0.265. The van der Waals surface area contributed by atoms with Gasteiger partial charge in [0.15, 0.2) is 4.80 Å². The van der Waals surface area contributed by atoms with Crippen LogP contribution in [0.3, 0.4) is 0 Å². The molecule has 0 atom stereocenters. The van der Waals surface area contributed by atoms with Crippen LogP contribution in [-0.2, 0) is 7.05 Å². The molecule has 0 fully saturated rings. The number of hydrogen-bond donors (Lipinski definition) is 0. The highest BCUT2D eigenvalue weighted by Gasteiger charge is 2.17.